The highest BCUT2D eigenvalue weighted by molar-refractivity contribution is 7.99. The highest BCUT2D eigenvalue weighted by atomic mass is 32.2. The van der Waals surface area contributed by atoms with E-state index in [-0.39, 0.29) is 5.91 Å². The van der Waals surface area contributed by atoms with E-state index >= 15 is 0 Å². The van der Waals surface area contributed by atoms with Crippen molar-refractivity contribution < 1.29 is 4.79 Å². The number of carbonyl (C=O) groups is 1. The molecule has 7 rings (SSSR count). The lowest BCUT2D eigenvalue weighted by molar-refractivity contribution is 0.0997. The van der Waals surface area contributed by atoms with E-state index in [2.05, 4.69) is 38.6 Å². The van der Waals surface area contributed by atoms with Gasteiger partial charge in [0, 0.05) is 53.5 Å². The molecule has 5 aromatic rings. The fourth-order valence-corrected chi connectivity index (χ4v) is 6.52. The number of nitrogens with zero attached hydrogens (tertiary/aromatic N) is 5. The van der Waals surface area contributed by atoms with Crippen molar-refractivity contribution in [2.24, 2.45) is 7.05 Å². The molecule has 2 N–H and O–H groups in total. The Balaban J connectivity index is 1.25. The number of fused-ring (bicyclic) bond motifs is 2. The van der Waals surface area contributed by atoms with Gasteiger partial charge in [0.25, 0.3) is 5.91 Å². The normalized spacial score (nSPS) is 15.0. The first-order valence-electron chi connectivity index (χ1n) is 13.4. The summed E-state index contributed by atoms with van der Waals surface area (Å²) in [6.45, 7) is 4.57. The van der Waals surface area contributed by atoms with Gasteiger partial charge in [-0.05, 0) is 60.4 Å². The van der Waals surface area contributed by atoms with Crippen molar-refractivity contribution >= 4 is 51.6 Å². The molecule has 1 amide bonds. The van der Waals surface area contributed by atoms with Gasteiger partial charge >= 0.3 is 0 Å². The third kappa shape index (κ3) is 4.08. The van der Waals surface area contributed by atoms with E-state index in [9.17, 15) is 4.79 Å². The zero-order valence-corrected chi connectivity index (χ0v) is 23.5. The third-order valence-corrected chi connectivity index (χ3v) is 8.74. The predicted molar refractivity (Wildman–Crippen MR) is 162 cm³/mol. The van der Waals surface area contributed by atoms with Gasteiger partial charge in [0.1, 0.15) is 0 Å². The minimum atomic E-state index is 0.0432. The molecule has 0 atom stereocenters. The second kappa shape index (κ2) is 9.67. The maximum Gasteiger partial charge on any atom is 0.259 e. The number of benzene rings is 2. The quantitative estimate of drug-likeness (QED) is 0.265. The minimum Gasteiger partial charge on any atom is -0.359 e. The number of anilines is 3. The minimum absolute atomic E-state index is 0.0432. The zero-order valence-electron chi connectivity index (χ0n) is 22.7. The first-order valence-corrected chi connectivity index (χ1v) is 14.6. The summed E-state index contributed by atoms with van der Waals surface area (Å²) in [6, 6.07) is 14.2. The Morgan fingerprint density at radius 2 is 1.93 bits per heavy atom. The monoisotopic (exact) mass is 547 g/mol. The van der Waals surface area contributed by atoms with Gasteiger partial charge in [-0.2, -0.15) is 16.9 Å². The number of para-hydroxylation sites is 1. The van der Waals surface area contributed by atoms with Crippen LogP contribution >= 0.6 is 11.8 Å². The van der Waals surface area contributed by atoms with Crippen LogP contribution in [0.3, 0.4) is 0 Å². The summed E-state index contributed by atoms with van der Waals surface area (Å²) in [7, 11) is 1.91. The average Bonchev–Trinajstić information content (AvgIpc) is 3.65. The van der Waals surface area contributed by atoms with E-state index in [1.54, 1.807) is 0 Å². The van der Waals surface area contributed by atoms with Gasteiger partial charge in [-0.25, -0.2) is 9.97 Å². The molecule has 0 spiro atoms. The lowest BCUT2D eigenvalue weighted by Gasteiger charge is -2.18. The number of hydrogen-bond acceptors (Lipinski definition) is 6. The van der Waals surface area contributed by atoms with Crippen molar-refractivity contribution in [1.82, 2.24) is 24.7 Å². The molecule has 5 heterocycles. The zero-order chi connectivity index (χ0) is 27.4. The number of H-pyrrole nitrogens is 1. The van der Waals surface area contributed by atoms with E-state index in [1.807, 2.05) is 85.0 Å². The molecule has 0 bridgehead atoms. The number of nitrogens with one attached hydrogen (secondary N) is 2. The maximum absolute atomic E-state index is 13.7. The molecule has 0 unspecified atom stereocenters. The second-order valence-corrected chi connectivity index (χ2v) is 11.5. The van der Waals surface area contributed by atoms with Gasteiger partial charge in [-0.3, -0.25) is 9.48 Å². The van der Waals surface area contributed by atoms with Crippen LogP contribution in [0.2, 0.25) is 0 Å². The number of amides is 1. The summed E-state index contributed by atoms with van der Waals surface area (Å²) < 4.78 is 1.81. The van der Waals surface area contributed by atoms with Gasteiger partial charge < -0.3 is 15.2 Å². The van der Waals surface area contributed by atoms with Gasteiger partial charge in [-0.15, -0.1) is 0 Å². The van der Waals surface area contributed by atoms with Crippen LogP contribution in [0.1, 0.15) is 39.2 Å². The van der Waals surface area contributed by atoms with Crippen molar-refractivity contribution in [3.05, 3.63) is 88.9 Å². The molecule has 3 aromatic heterocycles. The van der Waals surface area contributed by atoms with Crippen molar-refractivity contribution in [2.75, 3.05) is 21.7 Å². The van der Waals surface area contributed by atoms with Crippen LogP contribution in [0, 0.1) is 13.8 Å². The molecule has 0 fully saturated rings. The van der Waals surface area contributed by atoms with Crippen LogP contribution < -0.4 is 10.2 Å². The first-order chi connectivity index (χ1) is 19.5. The molecule has 200 valence electrons. The van der Waals surface area contributed by atoms with Crippen molar-refractivity contribution in [3.8, 4) is 11.3 Å². The Hall–Kier alpha value is -4.37. The summed E-state index contributed by atoms with van der Waals surface area (Å²) in [5, 5.41) is 8.70. The van der Waals surface area contributed by atoms with E-state index in [4.69, 9.17) is 4.98 Å². The number of aryl methyl sites for hydroxylation is 3. The summed E-state index contributed by atoms with van der Waals surface area (Å²) in [5.74, 6) is 3.38. The van der Waals surface area contributed by atoms with Crippen molar-refractivity contribution in [3.63, 3.8) is 0 Å². The highest BCUT2D eigenvalue weighted by Crippen LogP contribution is 2.40. The van der Waals surface area contributed by atoms with Crippen molar-refractivity contribution in [2.45, 2.75) is 26.8 Å². The van der Waals surface area contributed by atoms with Gasteiger partial charge in [0.15, 0.2) is 5.82 Å². The third-order valence-electron chi connectivity index (χ3n) is 7.84. The average molecular weight is 548 g/mol. The molecule has 2 aromatic carbocycles. The number of allylic oxidation sites excluding steroid dienone is 1. The molecule has 8 nitrogen and oxygen atoms in total. The van der Waals surface area contributed by atoms with Crippen LogP contribution in [-0.2, 0) is 13.6 Å². The van der Waals surface area contributed by atoms with E-state index in [0.29, 0.717) is 18.3 Å². The Labute approximate surface area is 236 Å². The second-order valence-electron chi connectivity index (χ2n) is 10.3. The molecular weight excluding hydrogens is 518 g/mol. The van der Waals surface area contributed by atoms with E-state index in [1.165, 1.54) is 11.1 Å². The van der Waals surface area contributed by atoms with E-state index in [0.717, 1.165) is 68.2 Å². The number of rotatable bonds is 5. The molecule has 0 saturated heterocycles. The molecular formula is C31H29N7OS. The predicted octanol–water partition coefficient (Wildman–Crippen LogP) is 6.40. The van der Waals surface area contributed by atoms with Crippen molar-refractivity contribution in [1.29, 1.82) is 0 Å². The molecule has 0 aliphatic carbocycles. The number of aromatic amines is 1. The standard InChI is InChI=1S/C31H29N7OS/c1-18-15-33-31(34-27-14-19(2)37(3)36-27)35-28(18)24-16-32-29-22(24)7-5-9-26(29)38-17-25-21(20-10-12-40-13-11-20)6-4-8-23(25)30(38)39/h4-10,14-16,32H,11-13,17H2,1-3H3,(H,33,34,35,36). The molecule has 40 heavy (non-hydrogen) atoms. The topological polar surface area (TPSA) is 91.7 Å². The summed E-state index contributed by atoms with van der Waals surface area (Å²) in [4.78, 5) is 28.4. The molecule has 2 aliphatic rings. The van der Waals surface area contributed by atoms with Gasteiger partial charge in [0.05, 0.1) is 23.4 Å². The number of hydrogen-bond donors (Lipinski definition) is 2. The number of carbonyl (C=O) groups excluding carboxylic acids is 1. The summed E-state index contributed by atoms with van der Waals surface area (Å²) >= 11 is 1.96. The Morgan fingerprint density at radius 3 is 2.73 bits per heavy atom. The Bertz CT molecular complexity index is 1810. The fourth-order valence-electron chi connectivity index (χ4n) is 5.67. The lowest BCUT2D eigenvalue weighted by atomic mass is 9.95. The summed E-state index contributed by atoms with van der Waals surface area (Å²) in [5.41, 5.74) is 10.1. The number of aromatic nitrogens is 5. The summed E-state index contributed by atoms with van der Waals surface area (Å²) in [6.07, 6.45) is 7.16. The number of thioether (sulfide) groups is 1. The molecule has 2 aliphatic heterocycles. The molecule has 0 saturated carbocycles. The van der Waals surface area contributed by atoms with Crippen LogP contribution in [0.4, 0.5) is 17.5 Å². The van der Waals surface area contributed by atoms with Crippen LogP contribution in [-0.4, -0.2) is 42.1 Å². The fraction of sp³-hybridized carbons (Fsp3) is 0.226. The smallest absolute Gasteiger partial charge is 0.259 e. The van der Waals surface area contributed by atoms with Gasteiger partial charge in [-0.1, -0.05) is 30.3 Å². The Kier molecular flexibility index (Phi) is 5.96. The van der Waals surface area contributed by atoms with Gasteiger partial charge in [0.2, 0.25) is 5.95 Å². The lowest BCUT2D eigenvalue weighted by Crippen LogP contribution is -2.23. The highest BCUT2D eigenvalue weighted by Gasteiger charge is 2.32. The SMILES string of the molecule is Cc1cnc(Nc2cc(C)n(C)n2)nc1-c1c[nH]c2c(N3Cc4c(cccc4C4=CCSCC4)C3=O)cccc12. The van der Waals surface area contributed by atoms with Crippen LogP contribution in [0.15, 0.2) is 60.9 Å². The molecule has 9 heteroatoms. The van der Waals surface area contributed by atoms with E-state index < -0.39 is 0 Å². The largest absolute Gasteiger partial charge is 0.359 e. The molecule has 0 radical (unpaired) electrons. The first kappa shape index (κ1) is 24.7. The van der Waals surface area contributed by atoms with Crippen LogP contribution in [0.5, 0.6) is 0 Å². The maximum atomic E-state index is 13.7. The Morgan fingerprint density at radius 1 is 1.07 bits per heavy atom. The van der Waals surface area contributed by atoms with Crippen LogP contribution in [0.25, 0.3) is 27.7 Å².